The van der Waals surface area contributed by atoms with Crippen molar-refractivity contribution in [3.8, 4) is 0 Å². The van der Waals surface area contributed by atoms with Gasteiger partial charge < -0.3 is 5.11 Å². The second-order valence-electron chi connectivity index (χ2n) is 2.56. The van der Waals surface area contributed by atoms with Crippen molar-refractivity contribution in [3.05, 3.63) is 35.4 Å². The normalized spacial score (nSPS) is 11.4. The van der Waals surface area contributed by atoms with Crippen molar-refractivity contribution >= 4 is 12.0 Å². The molecule has 0 saturated heterocycles. The van der Waals surface area contributed by atoms with Crippen LogP contribution in [0.25, 0.3) is 6.08 Å². The van der Waals surface area contributed by atoms with Crippen molar-refractivity contribution in [2.75, 3.05) is 0 Å². The molecule has 3 nitrogen and oxygen atoms in total. The zero-order valence-electron chi connectivity index (χ0n) is 6.99. The van der Waals surface area contributed by atoms with E-state index >= 15 is 0 Å². The first-order valence-electron chi connectivity index (χ1n) is 3.63. The molecular formula is C9H8FNO2. The number of pyridine rings is 1. The van der Waals surface area contributed by atoms with Gasteiger partial charge in [-0.15, -0.1) is 0 Å². The summed E-state index contributed by atoms with van der Waals surface area (Å²) in [6, 6.07) is 3.35. The Morgan fingerprint density at radius 3 is 2.92 bits per heavy atom. The van der Waals surface area contributed by atoms with Gasteiger partial charge in [-0.05, 0) is 24.6 Å². The van der Waals surface area contributed by atoms with E-state index in [2.05, 4.69) is 4.98 Å². The summed E-state index contributed by atoms with van der Waals surface area (Å²) in [5.74, 6) is -2.79. The van der Waals surface area contributed by atoms with Gasteiger partial charge in [0.1, 0.15) is 0 Å². The maximum Gasteiger partial charge on any atom is 0.364 e. The summed E-state index contributed by atoms with van der Waals surface area (Å²) in [5.41, 5.74) is 1.21. The molecule has 1 rings (SSSR count). The third kappa shape index (κ3) is 2.66. The zero-order chi connectivity index (χ0) is 9.84. The SMILES string of the molecule is Cc1ccnc(C=C(F)C(=O)O)c1. The number of halogens is 1. The summed E-state index contributed by atoms with van der Waals surface area (Å²) in [5, 5.41) is 8.24. The molecule has 0 saturated carbocycles. The van der Waals surface area contributed by atoms with E-state index in [-0.39, 0.29) is 0 Å². The highest BCUT2D eigenvalue weighted by atomic mass is 19.1. The Labute approximate surface area is 74.5 Å². The lowest BCUT2D eigenvalue weighted by atomic mass is 10.2. The van der Waals surface area contributed by atoms with Gasteiger partial charge in [-0.2, -0.15) is 4.39 Å². The second kappa shape index (κ2) is 3.80. The highest BCUT2D eigenvalue weighted by Gasteiger charge is 2.04. The number of aryl methyl sites for hydroxylation is 1. The number of aliphatic carboxylic acids is 1. The van der Waals surface area contributed by atoms with Crippen LogP contribution in [0.15, 0.2) is 24.2 Å². The predicted molar refractivity (Wildman–Crippen MR) is 45.7 cm³/mol. The molecule has 1 N–H and O–H groups in total. The molecule has 1 aromatic heterocycles. The van der Waals surface area contributed by atoms with Crippen LogP contribution in [0.5, 0.6) is 0 Å². The van der Waals surface area contributed by atoms with Crippen molar-refractivity contribution in [2.24, 2.45) is 0 Å². The van der Waals surface area contributed by atoms with Gasteiger partial charge in [0.05, 0.1) is 5.69 Å². The standard InChI is InChI=1S/C9H8FNO2/c1-6-2-3-11-7(4-6)5-8(10)9(12)13/h2-5H,1H3,(H,12,13). The van der Waals surface area contributed by atoms with Crippen molar-refractivity contribution in [1.82, 2.24) is 4.98 Å². The molecule has 0 radical (unpaired) electrons. The van der Waals surface area contributed by atoms with Gasteiger partial charge in [0.2, 0.25) is 5.83 Å². The molecule has 0 atom stereocenters. The van der Waals surface area contributed by atoms with Gasteiger partial charge in [-0.25, -0.2) is 4.79 Å². The fraction of sp³-hybridized carbons (Fsp3) is 0.111. The fourth-order valence-corrected chi connectivity index (χ4v) is 0.830. The molecule has 0 fully saturated rings. The quantitative estimate of drug-likeness (QED) is 0.707. The molecule has 0 amide bonds. The molecule has 4 heteroatoms. The zero-order valence-corrected chi connectivity index (χ0v) is 6.99. The Morgan fingerprint density at radius 1 is 1.69 bits per heavy atom. The summed E-state index contributed by atoms with van der Waals surface area (Å²) in [7, 11) is 0. The van der Waals surface area contributed by atoms with Crippen LogP contribution in [-0.2, 0) is 4.79 Å². The number of carboxylic acids is 1. The van der Waals surface area contributed by atoms with E-state index in [1.807, 2.05) is 6.92 Å². The average molecular weight is 181 g/mol. The number of rotatable bonds is 2. The summed E-state index contributed by atoms with van der Waals surface area (Å²) in [6.45, 7) is 1.82. The molecule has 0 aliphatic carbocycles. The van der Waals surface area contributed by atoms with Crippen LogP contribution in [0, 0.1) is 6.92 Å². The van der Waals surface area contributed by atoms with E-state index in [0.29, 0.717) is 5.69 Å². The van der Waals surface area contributed by atoms with Gasteiger partial charge in [-0.3, -0.25) is 4.98 Å². The highest BCUT2D eigenvalue weighted by Crippen LogP contribution is 2.06. The minimum atomic E-state index is -1.58. The molecular weight excluding hydrogens is 173 g/mol. The fourth-order valence-electron chi connectivity index (χ4n) is 0.830. The highest BCUT2D eigenvalue weighted by molar-refractivity contribution is 5.89. The number of nitrogens with zero attached hydrogens (tertiary/aromatic N) is 1. The summed E-state index contributed by atoms with van der Waals surface area (Å²) in [6.07, 6.45) is 2.38. The minimum absolute atomic E-state index is 0.305. The molecule has 1 heterocycles. The Balaban J connectivity index is 2.97. The lowest BCUT2D eigenvalue weighted by Crippen LogP contribution is -1.94. The molecule has 0 aliphatic rings. The molecule has 0 unspecified atom stereocenters. The maximum absolute atomic E-state index is 12.6. The number of hydrogen-bond acceptors (Lipinski definition) is 2. The molecule has 68 valence electrons. The first-order chi connectivity index (χ1) is 6.09. The van der Waals surface area contributed by atoms with E-state index < -0.39 is 11.8 Å². The Hall–Kier alpha value is -1.71. The summed E-state index contributed by atoms with van der Waals surface area (Å²) >= 11 is 0. The second-order valence-corrected chi connectivity index (χ2v) is 2.56. The number of hydrogen-bond donors (Lipinski definition) is 1. The van der Waals surface area contributed by atoms with Gasteiger partial charge in [-0.1, -0.05) is 0 Å². The third-order valence-electron chi connectivity index (χ3n) is 1.42. The van der Waals surface area contributed by atoms with Gasteiger partial charge in [0.25, 0.3) is 0 Å². The van der Waals surface area contributed by atoms with Crippen LogP contribution in [-0.4, -0.2) is 16.1 Å². The van der Waals surface area contributed by atoms with Crippen molar-refractivity contribution in [3.63, 3.8) is 0 Å². The lowest BCUT2D eigenvalue weighted by molar-refractivity contribution is -0.134. The Kier molecular flexibility index (Phi) is 2.74. The predicted octanol–water partition coefficient (Wildman–Crippen LogP) is 1.79. The van der Waals surface area contributed by atoms with E-state index in [0.717, 1.165) is 11.6 Å². The van der Waals surface area contributed by atoms with Crippen LogP contribution in [0.2, 0.25) is 0 Å². The van der Waals surface area contributed by atoms with E-state index in [4.69, 9.17) is 5.11 Å². The molecule has 0 bridgehead atoms. The van der Waals surface area contributed by atoms with E-state index in [1.165, 1.54) is 6.20 Å². The average Bonchev–Trinajstić information content (AvgIpc) is 2.04. The summed E-state index contributed by atoms with van der Waals surface area (Å²) in [4.78, 5) is 13.9. The Bertz CT molecular complexity index is 360. The van der Waals surface area contributed by atoms with E-state index in [1.54, 1.807) is 12.1 Å². The smallest absolute Gasteiger partial charge is 0.364 e. The van der Waals surface area contributed by atoms with Crippen LogP contribution in [0.4, 0.5) is 4.39 Å². The first kappa shape index (κ1) is 9.38. The van der Waals surface area contributed by atoms with Gasteiger partial charge >= 0.3 is 5.97 Å². The number of carboxylic acid groups (broad SMARTS) is 1. The van der Waals surface area contributed by atoms with Crippen LogP contribution >= 0.6 is 0 Å². The molecule has 0 aliphatic heterocycles. The maximum atomic E-state index is 12.6. The Morgan fingerprint density at radius 2 is 2.38 bits per heavy atom. The first-order valence-corrected chi connectivity index (χ1v) is 3.63. The minimum Gasteiger partial charge on any atom is -0.476 e. The van der Waals surface area contributed by atoms with Crippen molar-refractivity contribution in [2.45, 2.75) is 6.92 Å². The largest absolute Gasteiger partial charge is 0.476 e. The van der Waals surface area contributed by atoms with Crippen LogP contribution in [0.1, 0.15) is 11.3 Å². The molecule has 1 aromatic rings. The monoisotopic (exact) mass is 181 g/mol. The third-order valence-corrected chi connectivity index (χ3v) is 1.42. The topological polar surface area (TPSA) is 50.2 Å². The van der Waals surface area contributed by atoms with Gasteiger partial charge in [0, 0.05) is 12.3 Å². The van der Waals surface area contributed by atoms with Crippen LogP contribution in [0.3, 0.4) is 0 Å². The molecule has 13 heavy (non-hydrogen) atoms. The molecule has 0 aromatic carbocycles. The van der Waals surface area contributed by atoms with Crippen molar-refractivity contribution in [1.29, 1.82) is 0 Å². The lowest BCUT2D eigenvalue weighted by Gasteiger charge is -1.94. The van der Waals surface area contributed by atoms with Crippen molar-refractivity contribution < 1.29 is 14.3 Å². The number of carbonyl (C=O) groups is 1. The van der Waals surface area contributed by atoms with E-state index in [9.17, 15) is 9.18 Å². The van der Waals surface area contributed by atoms with Gasteiger partial charge in [0.15, 0.2) is 0 Å². The number of aromatic nitrogens is 1. The molecule has 0 spiro atoms. The summed E-state index contributed by atoms with van der Waals surface area (Å²) < 4.78 is 12.6. The van der Waals surface area contributed by atoms with Crippen LogP contribution < -0.4 is 0 Å².